The Morgan fingerprint density at radius 1 is 0.743 bits per heavy atom. The van der Waals surface area contributed by atoms with Crippen molar-refractivity contribution < 1.29 is 96.0 Å². The van der Waals surface area contributed by atoms with Gasteiger partial charge in [0.25, 0.3) is 11.5 Å². The number of rotatable bonds is 23. The van der Waals surface area contributed by atoms with Crippen molar-refractivity contribution in [2.75, 3.05) is 101 Å². The number of carbonyl (C=O) groups is 7. The molecule has 2 aromatic heterocycles. The molecule has 0 aliphatic carbocycles. The Bertz CT molecular complexity index is 2670. The number of nitrogen functional groups attached to an aromatic ring is 1. The number of nitrogens with zero attached hydrogens (tertiary/aromatic N) is 7. The van der Waals surface area contributed by atoms with Crippen LogP contribution in [0, 0.1) is 36.9 Å². The minimum absolute atomic E-state index is 0. The van der Waals surface area contributed by atoms with E-state index in [1.165, 1.54) is 18.3 Å². The molecule has 0 saturated carbocycles. The number of nitrogens with one attached hydrogen (secondary N) is 6. The van der Waals surface area contributed by atoms with E-state index in [0.717, 1.165) is 5.56 Å². The minimum atomic E-state index is -1.36. The van der Waals surface area contributed by atoms with Crippen molar-refractivity contribution in [2.24, 2.45) is 0 Å². The first-order chi connectivity index (χ1) is 34.8. The summed E-state index contributed by atoms with van der Waals surface area (Å²) in [6.45, 7) is 0.201. The number of hydrogen-bond donors (Lipinski definition) is 12. The van der Waals surface area contributed by atoms with Gasteiger partial charge >= 0.3 is 66.7 Å². The second kappa shape index (κ2) is 29.9. The van der Waals surface area contributed by atoms with Crippen LogP contribution in [-0.4, -0.2) is 209 Å². The number of benzene rings is 2. The van der Waals surface area contributed by atoms with E-state index >= 15 is 0 Å². The molecule has 1 aliphatic heterocycles. The molecule has 404 valence electrons. The Labute approximate surface area is 457 Å². The van der Waals surface area contributed by atoms with E-state index in [1.54, 1.807) is 56.0 Å². The van der Waals surface area contributed by atoms with Crippen molar-refractivity contribution in [3.8, 4) is 0 Å². The molecule has 5 rings (SSSR count). The second-order valence-electron chi connectivity index (χ2n) is 16.9. The molecule has 2 aromatic carbocycles. The van der Waals surface area contributed by atoms with Gasteiger partial charge in [0.15, 0.2) is 16.3 Å². The van der Waals surface area contributed by atoms with Crippen molar-refractivity contribution in [2.45, 2.75) is 37.9 Å². The number of nitrogens with two attached hydrogens (primary N) is 1. The molecule has 0 spiro atoms. The third kappa shape index (κ3) is 20.7. The Balaban J connectivity index is 0.0000119. The number of fused-ring (bicyclic) bond motifs is 1. The fourth-order valence-electron chi connectivity index (χ4n) is 7.76. The first-order valence-electron chi connectivity index (χ1n) is 22.9. The number of amides is 2. The molecule has 1 aliphatic rings. The number of carbonyl (C=O) groups excluding carboxylic acids is 2. The van der Waals surface area contributed by atoms with Gasteiger partial charge in [0.05, 0.1) is 44.6 Å². The van der Waals surface area contributed by atoms with Gasteiger partial charge < -0.3 is 57.9 Å². The minimum Gasteiger partial charge on any atom is -0.480 e. The summed E-state index contributed by atoms with van der Waals surface area (Å²) in [7, 11) is 0. The fraction of sp³-hybridized carbons (Fsp3) is 0.422. The number of aromatic nitrogens is 4. The van der Waals surface area contributed by atoms with E-state index in [1.807, 2.05) is 0 Å². The Morgan fingerprint density at radius 2 is 1.31 bits per heavy atom. The summed E-state index contributed by atoms with van der Waals surface area (Å²) in [6, 6.07) is 11.3. The summed E-state index contributed by atoms with van der Waals surface area (Å²) in [5.41, 5.74) is 7.72. The van der Waals surface area contributed by atoms with E-state index in [2.05, 4.69) is 46.5 Å². The summed E-state index contributed by atoms with van der Waals surface area (Å²) in [4.78, 5) is 118. The number of thiocarbonyl (C=S) groups is 1. The van der Waals surface area contributed by atoms with Gasteiger partial charge in [-0.3, -0.25) is 58.1 Å². The predicted octanol–water partition coefficient (Wildman–Crippen LogP) is -1.56. The van der Waals surface area contributed by atoms with Gasteiger partial charge in [-0.25, -0.2) is 14.8 Å². The van der Waals surface area contributed by atoms with Gasteiger partial charge in [-0.15, -0.1) is 0 Å². The van der Waals surface area contributed by atoms with Gasteiger partial charge in [0.2, 0.25) is 11.9 Å². The summed E-state index contributed by atoms with van der Waals surface area (Å²) in [5, 5.41) is 62.9. The number of aromatic amines is 1. The molecule has 2 atom stereocenters. The number of hydrogen-bond acceptors (Lipinski definition) is 18. The van der Waals surface area contributed by atoms with E-state index in [4.69, 9.17) is 18.0 Å². The van der Waals surface area contributed by atoms with Crippen LogP contribution in [0.15, 0.2) is 59.5 Å². The molecule has 0 bridgehead atoms. The van der Waals surface area contributed by atoms with Crippen molar-refractivity contribution >= 4 is 87.5 Å². The zero-order valence-electron chi connectivity index (χ0n) is 39.7. The maximum Gasteiger partial charge on any atom is 3.00 e. The molecule has 1 saturated heterocycles. The SMILES string of the molecule is Nc1nc2ncc(CNc3ccc(C(=O)NC(CCC(=O)NCCNC(=S)Nc4ccc(CC5CN(CC(=O)O)CCN(CC(=O)O)CCN(CC(=O)O)CCN5CC(=O)O)cc4)C(=O)O)cc3)nc2c(=O)[nH]1.[177Lu+3]. The zero-order valence-corrected chi connectivity index (χ0v) is 42.2. The van der Waals surface area contributed by atoms with Crippen LogP contribution in [0.25, 0.3) is 11.2 Å². The van der Waals surface area contributed by atoms with Crippen LogP contribution in [0.2, 0.25) is 0 Å². The molecule has 0 radical (unpaired) electrons. The van der Waals surface area contributed by atoms with Crippen LogP contribution in [-0.2, 0) is 41.7 Å². The zero-order chi connectivity index (χ0) is 53.0. The number of H-pyrrole nitrogens is 1. The van der Waals surface area contributed by atoms with Gasteiger partial charge in [-0.05, 0) is 67.0 Å². The summed E-state index contributed by atoms with van der Waals surface area (Å²) < 4.78 is 0. The Hall–Kier alpha value is -6.69. The van der Waals surface area contributed by atoms with Gasteiger partial charge in [0, 0.05) is 88.3 Å². The Morgan fingerprint density at radius 3 is 1.92 bits per heavy atom. The molecule has 13 N–H and O–H groups in total. The molecule has 74 heavy (non-hydrogen) atoms. The first kappa shape index (κ1) is 59.9. The van der Waals surface area contributed by atoms with Gasteiger partial charge in [0.1, 0.15) is 6.04 Å². The maximum absolute atomic E-state index is 12.9. The van der Waals surface area contributed by atoms with Crippen molar-refractivity contribution in [1.29, 1.82) is 0 Å². The average Bonchev–Trinajstić information content (AvgIpc) is 3.32. The van der Waals surface area contributed by atoms with Crippen molar-refractivity contribution in [1.82, 2.24) is 55.5 Å². The predicted molar refractivity (Wildman–Crippen MR) is 267 cm³/mol. The van der Waals surface area contributed by atoms with E-state index in [9.17, 15) is 63.9 Å². The summed E-state index contributed by atoms with van der Waals surface area (Å²) in [6.07, 6.45) is 1.33. The monoisotopic (exact) mass is 1210 g/mol. The quantitative estimate of drug-likeness (QED) is 0.0295. The molecular weight excluding hydrogens is 1150 g/mol. The molecular formula is C45H58LuN14O13S+3. The van der Waals surface area contributed by atoms with Crippen LogP contribution in [0.4, 0.5) is 17.3 Å². The van der Waals surface area contributed by atoms with Gasteiger partial charge in [-0.1, -0.05) is 12.1 Å². The normalized spacial score (nSPS) is 15.5. The topological polar surface area (TPSA) is 391 Å². The molecule has 2 amide bonds. The van der Waals surface area contributed by atoms with Crippen LogP contribution in [0.1, 0.15) is 34.5 Å². The van der Waals surface area contributed by atoms with E-state index in [0.29, 0.717) is 17.1 Å². The van der Waals surface area contributed by atoms with Crippen molar-refractivity contribution in [3.63, 3.8) is 0 Å². The van der Waals surface area contributed by atoms with Crippen LogP contribution in [0.5, 0.6) is 0 Å². The largest absolute Gasteiger partial charge is 3.00 e. The third-order valence-corrected chi connectivity index (χ3v) is 11.6. The number of aliphatic carboxylic acids is 5. The maximum atomic E-state index is 12.9. The molecule has 2 unspecified atom stereocenters. The molecule has 3 heterocycles. The number of anilines is 3. The molecule has 27 nitrogen and oxygen atoms in total. The van der Waals surface area contributed by atoms with Gasteiger partial charge in [-0.2, -0.15) is 4.98 Å². The van der Waals surface area contributed by atoms with Crippen LogP contribution < -0.4 is 37.9 Å². The molecule has 4 aromatic rings. The smallest absolute Gasteiger partial charge is 0.480 e. The second-order valence-corrected chi connectivity index (χ2v) is 17.3. The van der Waals surface area contributed by atoms with E-state index in [-0.39, 0.29) is 169 Å². The fourth-order valence-corrected chi connectivity index (χ4v) is 7.98. The standard InChI is InChI=1S/C45H58N14O13S.Lu/c46-44-54-40-39(42(70)55-44)51-31(21-50-40)20-49-29-7-3-28(4-8-29)41(69)53-33(43(71)72)9-10-34(60)47-11-12-48-45(73)52-30-5-1-27(2-6-30)19-32-22-58(25-37(65)66)16-15-56(23-35(61)62)13-14-57(24-36(63)64)17-18-59(32)26-38(67)68;/h1-8,21,32-33,49H,9-20,22-26H2,(H,47,60)(H,53,69)(H,61,62)(H,63,64)(H,65,66)(H,67,68)(H,71,72)(H2,48,52,73)(H3,46,50,54,55,70);/q;+3/i;1+2. The van der Waals surface area contributed by atoms with Crippen LogP contribution >= 0.6 is 12.2 Å². The molecule has 1 fully saturated rings. The number of carboxylic acids is 5. The van der Waals surface area contributed by atoms with Crippen LogP contribution in [0.3, 0.4) is 0 Å². The summed E-state index contributed by atoms with van der Waals surface area (Å²) >= 11 is 5.42. The number of carboxylic acid groups (broad SMARTS) is 5. The first-order valence-corrected chi connectivity index (χ1v) is 23.3. The summed E-state index contributed by atoms with van der Waals surface area (Å²) in [5.74, 6) is -6.95. The molecule has 29 heteroatoms. The van der Waals surface area contributed by atoms with Crippen molar-refractivity contribution in [3.05, 3.63) is 81.9 Å². The third-order valence-electron chi connectivity index (χ3n) is 11.4. The van der Waals surface area contributed by atoms with E-state index < -0.39 is 65.8 Å². The Kier molecular flexibility index (Phi) is 24.2. The average molecular weight is 1210 g/mol.